The van der Waals surface area contributed by atoms with Crippen molar-refractivity contribution in [3.8, 4) is 11.1 Å². The van der Waals surface area contributed by atoms with Crippen LogP contribution in [0.1, 0.15) is 42.9 Å². The summed E-state index contributed by atoms with van der Waals surface area (Å²) in [5, 5.41) is 9.23. The zero-order valence-electron chi connectivity index (χ0n) is 19.7. The van der Waals surface area contributed by atoms with E-state index in [0.29, 0.717) is 6.42 Å². The molecule has 4 rings (SSSR count). The number of hydroxylamine groups is 1. The first-order valence-corrected chi connectivity index (χ1v) is 13.2. The van der Waals surface area contributed by atoms with Crippen LogP contribution in [0.5, 0.6) is 0 Å². The number of nitrogens with one attached hydrogen (secondary N) is 1. The van der Waals surface area contributed by atoms with E-state index < -0.39 is 20.7 Å². The van der Waals surface area contributed by atoms with E-state index in [4.69, 9.17) is 4.74 Å². The molecule has 2 aromatic rings. The summed E-state index contributed by atoms with van der Waals surface area (Å²) in [7, 11) is -3.98. The molecule has 0 saturated carbocycles. The Morgan fingerprint density at radius 2 is 1.91 bits per heavy atom. The number of aryl methyl sites for hydroxylation is 2. The van der Waals surface area contributed by atoms with Gasteiger partial charge in [0.25, 0.3) is 5.91 Å². The number of sulfonamides is 1. The highest BCUT2D eigenvalue weighted by Crippen LogP contribution is 2.36. The first-order chi connectivity index (χ1) is 16.3. The maximum absolute atomic E-state index is 13.5. The van der Waals surface area contributed by atoms with Gasteiger partial charge < -0.3 is 4.74 Å². The number of hydrogen-bond acceptors (Lipinski definition) is 5. The second kappa shape index (κ2) is 10.00. The minimum atomic E-state index is -3.98. The number of amides is 1. The molecule has 0 bridgehead atoms. The van der Waals surface area contributed by atoms with E-state index in [9.17, 15) is 18.4 Å². The van der Waals surface area contributed by atoms with Gasteiger partial charge in [-0.25, -0.2) is 13.9 Å². The number of carbonyl (C=O) groups excluding carboxylic acids is 1. The molecule has 182 valence electrons. The molecule has 1 saturated heterocycles. The molecule has 0 atom stereocenters. The molecular weight excluding hydrogens is 452 g/mol. The molecule has 1 fully saturated rings. The molecule has 7 nitrogen and oxygen atoms in total. The third kappa shape index (κ3) is 4.43. The van der Waals surface area contributed by atoms with Crippen molar-refractivity contribution in [2.75, 3.05) is 26.3 Å². The van der Waals surface area contributed by atoms with Crippen molar-refractivity contribution in [1.29, 1.82) is 0 Å². The fourth-order valence-electron chi connectivity index (χ4n) is 4.93. The molecule has 2 aliphatic rings. The molecule has 0 spiro atoms. The zero-order valence-corrected chi connectivity index (χ0v) is 20.5. The van der Waals surface area contributed by atoms with Crippen molar-refractivity contribution < 1.29 is 23.2 Å². The van der Waals surface area contributed by atoms with Gasteiger partial charge in [0.2, 0.25) is 10.0 Å². The van der Waals surface area contributed by atoms with Crippen LogP contribution in [0.2, 0.25) is 0 Å². The molecule has 0 aliphatic carbocycles. The Kier molecular flexibility index (Phi) is 7.23. The van der Waals surface area contributed by atoms with Gasteiger partial charge in [-0.3, -0.25) is 10.0 Å². The predicted molar refractivity (Wildman–Crippen MR) is 132 cm³/mol. The molecule has 0 radical (unpaired) electrons. The maximum atomic E-state index is 13.5. The second-order valence-corrected chi connectivity index (χ2v) is 11.2. The summed E-state index contributed by atoms with van der Waals surface area (Å²) in [4.78, 5) is 12.5. The van der Waals surface area contributed by atoms with Crippen LogP contribution in [0.4, 0.5) is 0 Å². The van der Waals surface area contributed by atoms with E-state index in [0.717, 1.165) is 17.6 Å². The van der Waals surface area contributed by atoms with Gasteiger partial charge in [-0.15, -0.1) is 0 Å². The number of carbonyl (C=O) groups is 1. The van der Waals surface area contributed by atoms with Gasteiger partial charge in [0, 0.05) is 39.1 Å². The maximum Gasteiger partial charge on any atom is 0.266 e. The quantitative estimate of drug-likeness (QED) is 0.482. The average molecular weight is 485 g/mol. The summed E-state index contributed by atoms with van der Waals surface area (Å²) in [6.45, 7) is 5.05. The van der Waals surface area contributed by atoms with E-state index in [2.05, 4.69) is 56.3 Å². The summed E-state index contributed by atoms with van der Waals surface area (Å²) in [5.74, 6) is -0.885. The van der Waals surface area contributed by atoms with Crippen LogP contribution in [0.3, 0.4) is 0 Å². The van der Waals surface area contributed by atoms with E-state index in [1.807, 2.05) is 6.08 Å². The van der Waals surface area contributed by atoms with Crippen molar-refractivity contribution >= 4 is 21.5 Å². The Morgan fingerprint density at radius 3 is 2.53 bits per heavy atom. The van der Waals surface area contributed by atoms with Crippen molar-refractivity contribution in [3.05, 3.63) is 65.2 Å². The van der Waals surface area contributed by atoms with Gasteiger partial charge in [0.05, 0.1) is 0 Å². The number of nitrogens with zero attached hydrogens (tertiary/aromatic N) is 1. The van der Waals surface area contributed by atoms with Crippen molar-refractivity contribution in [2.24, 2.45) is 0 Å². The third-order valence-electron chi connectivity index (χ3n) is 7.06. The fraction of sp³-hybridized carbons (Fsp3) is 0.423. The number of benzene rings is 2. The molecule has 2 aromatic carbocycles. The Balaban J connectivity index is 1.56. The highest BCUT2D eigenvalue weighted by Gasteiger charge is 2.54. The van der Waals surface area contributed by atoms with Crippen LogP contribution in [0.15, 0.2) is 48.5 Å². The topological polar surface area (TPSA) is 95.9 Å². The fourth-order valence-corrected chi connectivity index (χ4v) is 6.99. The monoisotopic (exact) mass is 484 g/mol. The molecule has 0 unspecified atom stereocenters. The van der Waals surface area contributed by atoms with Crippen LogP contribution in [-0.4, -0.2) is 54.9 Å². The molecule has 2 aliphatic heterocycles. The second-order valence-electron chi connectivity index (χ2n) is 8.97. The van der Waals surface area contributed by atoms with E-state index in [1.54, 1.807) is 5.48 Å². The van der Waals surface area contributed by atoms with Gasteiger partial charge in [-0.2, -0.15) is 4.31 Å². The van der Waals surface area contributed by atoms with Crippen LogP contribution in [0.25, 0.3) is 16.7 Å². The Labute approximate surface area is 201 Å². The lowest BCUT2D eigenvalue weighted by Gasteiger charge is -2.39. The summed E-state index contributed by atoms with van der Waals surface area (Å²) < 4.78 is 31.9. The smallest absolute Gasteiger partial charge is 0.266 e. The molecule has 1 amide bonds. The molecule has 2 N–H and O–H groups in total. The van der Waals surface area contributed by atoms with Crippen molar-refractivity contribution in [3.63, 3.8) is 0 Å². The van der Waals surface area contributed by atoms with Crippen molar-refractivity contribution in [2.45, 2.75) is 44.3 Å². The molecule has 8 heteroatoms. The first-order valence-electron chi connectivity index (χ1n) is 11.7. The van der Waals surface area contributed by atoms with Gasteiger partial charge in [-0.05, 0) is 53.2 Å². The number of ether oxygens (including phenoxy) is 1. The lowest BCUT2D eigenvalue weighted by atomic mass is 9.93. The minimum absolute atomic E-state index is 0.0225. The first kappa shape index (κ1) is 24.6. The lowest BCUT2D eigenvalue weighted by Crippen LogP contribution is -2.59. The van der Waals surface area contributed by atoms with Gasteiger partial charge in [-0.1, -0.05) is 55.5 Å². The summed E-state index contributed by atoms with van der Waals surface area (Å²) in [5.41, 5.74) is 8.60. The van der Waals surface area contributed by atoms with Crippen LogP contribution in [0, 0.1) is 6.92 Å². The summed E-state index contributed by atoms with van der Waals surface area (Å²) in [6, 6.07) is 14.9. The zero-order chi connectivity index (χ0) is 24.3. The molecule has 2 heterocycles. The highest BCUT2D eigenvalue weighted by molar-refractivity contribution is 7.91. The Morgan fingerprint density at radius 1 is 1.15 bits per heavy atom. The van der Waals surface area contributed by atoms with E-state index >= 15 is 0 Å². The van der Waals surface area contributed by atoms with Gasteiger partial charge >= 0.3 is 0 Å². The van der Waals surface area contributed by atoms with Gasteiger partial charge in [0.15, 0.2) is 4.75 Å². The average Bonchev–Trinajstić information content (AvgIpc) is 2.88. The number of rotatable bonds is 6. The molecule has 34 heavy (non-hydrogen) atoms. The largest absolute Gasteiger partial charge is 0.381 e. The van der Waals surface area contributed by atoms with Crippen LogP contribution < -0.4 is 5.48 Å². The van der Waals surface area contributed by atoms with Crippen molar-refractivity contribution in [1.82, 2.24) is 9.79 Å². The Bertz CT molecular complexity index is 1200. The molecule has 0 aromatic heterocycles. The van der Waals surface area contributed by atoms with E-state index in [1.165, 1.54) is 26.6 Å². The summed E-state index contributed by atoms with van der Waals surface area (Å²) >= 11 is 0. The summed E-state index contributed by atoms with van der Waals surface area (Å²) in [6.07, 6.45) is 3.52. The normalized spacial score (nSPS) is 18.9. The third-order valence-corrected chi connectivity index (χ3v) is 9.66. The minimum Gasteiger partial charge on any atom is -0.381 e. The lowest BCUT2D eigenvalue weighted by molar-refractivity contribution is -0.134. The van der Waals surface area contributed by atoms with Gasteiger partial charge in [0.1, 0.15) is 0 Å². The Hall–Kier alpha value is -2.52. The SMILES string of the molecule is CCc1cccc(-c2ccc(C3=CCN(S(=O)(=O)C4(C(=O)NO)CCOCC4)CC3)cc2C)c1. The highest BCUT2D eigenvalue weighted by atomic mass is 32.2. The number of hydrogen-bond donors (Lipinski definition) is 2. The van der Waals surface area contributed by atoms with Crippen LogP contribution in [-0.2, 0) is 26.0 Å². The predicted octanol–water partition coefficient (Wildman–Crippen LogP) is 3.70. The van der Waals surface area contributed by atoms with Crippen LogP contribution >= 0.6 is 0 Å². The standard InChI is InChI=1S/C26H32N2O5S/c1-3-20-5-4-6-23(18-20)24-8-7-22(17-19(24)2)21-9-13-28(14-10-21)34(31,32)26(25(29)27-30)11-15-33-16-12-26/h4-9,17-18,30H,3,10-16H2,1-2H3,(H,27,29). The van der Waals surface area contributed by atoms with E-state index in [-0.39, 0.29) is 39.1 Å². The molecular formula is C26H32N2O5S.